The summed E-state index contributed by atoms with van der Waals surface area (Å²) in [7, 11) is 0. The average Bonchev–Trinajstić information content (AvgIpc) is 2.30. The topological polar surface area (TPSA) is 26.3 Å². The van der Waals surface area contributed by atoms with Crippen LogP contribution in [0.25, 0.3) is 0 Å². The molecule has 15 heavy (non-hydrogen) atoms. The zero-order valence-electron chi connectivity index (χ0n) is 8.61. The highest BCUT2D eigenvalue weighted by molar-refractivity contribution is 5.89. The lowest BCUT2D eigenvalue weighted by atomic mass is 10.2. The fourth-order valence-corrected chi connectivity index (χ4v) is 1.11. The summed E-state index contributed by atoms with van der Waals surface area (Å²) in [5, 5.41) is 0. The average molecular weight is 202 g/mol. The fourth-order valence-electron chi connectivity index (χ4n) is 1.11. The maximum atomic E-state index is 11.4. The maximum absolute atomic E-state index is 11.4. The van der Waals surface area contributed by atoms with Crippen LogP contribution in [0.5, 0.6) is 0 Å². The molecule has 1 rings (SSSR count). The lowest BCUT2D eigenvalue weighted by molar-refractivity contribution is 0.0501. The Balaban J connectivity index is 2.28. The second-order valence-electron chi connectivity index (χ2n) is 3.05. The molecule has 0 unspecified atom stereocenters. The summed E-state index contributed by atoms with van der Waals surface area (Å²) in [4.78, 5) is 11.4. The first kappa shape index (κ1) is 11.3. The van der Waals surface area contributed by atoms with Crippen LogP contribution in [0.3, 0.4) is 0 Å². The Labute approximate surface area is 89.9 Å². The molecule has 2 heteroatoms. The molecule has 0 radical (unpaired) electrons. The van der Waals surface area contributed by atoms with E-state index < -0.39 is 0 Å². The SMILES string of the molecule is C=C=CCCCOC(=O)c1ccccc1. The van der Waals surface area contributed by atoms with Crippen molar-refractivity contribution in [2.45, 2.75) is 12.8 Å². The summed E-state index contributed by atoms with van der Waals surface area (Å²) in [6.45, 7) is 3.89. The third-order valence-corrected chi connectivity index (χ3v) is 1.88. The molecule has 0 aliphatic carbocycles. The van der Waals surface area contributed by atoms with E-state index in [4.69, 9.17) is 4.74 Å². The smallest absolute Gasteiger partial charge is 0.338 e. The van der Waals surface area contributed by atoms with Gasteiger partial charge in [0.2, 0.25) is 0 Å². The van der Waals surface area contributed by atoms with Gasteiger partial charge in [0.15, 0.2) is 0 Å². The van der Waals surface area contributed by atoms with E-state index in [1.807, 2.05) is 24.3 Å². The van der Waals surface area contributed by atoms with Crippen molar-refractivity contribution in [2.24, 2.45) is 0 Å². The molecular formula is C13H14O2. The zero-order valence-corrected chi connectivity index (χ0v) is 8.61. The van der Waals surface area contributed by atoms with Crippen LogP contribution in [0.1, 0.15) is 23.2 Å². The minimum atomic E-state index is -0.266. The van der Waals surface area contributed by atoms with Crippen molar-refractivity contribution in [3.05, 3.63) is 54.3 Å². The molecule has 0 N–H and O–H groups in total. The molecule has 0 heterocycles. The first-order valence-corrected chi connectivity index (χ1v) is 4.91. The molecule has 0 saturated carbocycles. The van der Waals surface area contributed by atoms with Gasteiger partial charge in [0, 0.05) is 0 Å². The van der Waals surface area contributed by atoms with Crippen molar-refractivity contribution in [1.29, 1.82) is 0 Å². The summed E-state index contributed by atoms with van der Waals surface area (Å²) in [5.74, 6) is -0.266. The lowest BCUT2D eigenvalue weighted by Gasteiger charge is -2.02. The number of benzene rings is 1. The van der Waals surface area contributed by atoms with E-state index in [9.17, 15) is 4.79 Å². The maximum Gasteiger partial charge on any atom is 0.338 e. The van der Waals surface area contributed by atoms with E-state index in [1.165, 1.54) is 0 Å². The predicted molar refractivity (Wildman–Crippen MR) is 59.7 cm³/mol. The number of carbonyl (C=O) groups excluding carboxylic acids is 1. The molecule has 0 aromatic heterocycles. The fraction of sp³-hybridized carbons (Fsp3) is 0.231. The largest absolute Gasteiger partial charge is 0.462 e. The van der Waals surface area contributed by atoms with E-state index in [0.717, 1.165) is 12.8 Å². The predicted octanol–water partition coefficient (Wildman–Crippen LogP) is 2.96. The van der Waals surface area contributed by atoms with Crippen LogP contribution < -0.4 is 0 Å². The second kappa shape index (κ2) is 6.63. The number of esters is 1. The molecule has 0 aliphatic heterocycles. The molecule has 1 aromatic rings. The van der Waals surface area contributed by atoms with Crippen molar-refractivity contribution in [3.8, 4) is 0 Å². The van der Waals surface area contributed by atoms with Crippen molar-refractivity contribution in [1.82, 2.24) is 0 Å². The highest BCUT2D eigenvalue weighted by atomic mass is 16.5. The standard InChI is InChI=1S/C13H14O2/c1-2-3-4-8-11-15-13(14)12-9-6-5-7-10-12/h3,5-7,9-10H,1,4,8,11H2. The first-order valence-electron chi connectivity index (χ1n) is 4.91. The Kier molecular flexibility index (Phi) is 4.99. The minimum absolute atomic E-state index is 0.266. The molecule has 0 aliphatic rings. The van der Waals surface area contributed by atoms with E-state index in [1.54, 1.807) is 12.1 Å². The molecule has 0 saturated heterocycles. The summed E-state index contributed by atoms with van der Waals surface area (Å²) in [6, 6.07) is 8.98. The number of hydrogen-bond donors (Lipinski definition) is 0. The van der Waals surface area contributed by atoms with Crippen molar-refractivity contribution >= 4 is 5.97 Å². The van der Waals surface area contributed by atoms with Gasteiger partial charge in [0.25, 0.3) is 0 Å². The summed E-state index contributed by atoms with van der Waals surface area (Å²) >= 11 is 0. The highest BCUT2D eigenvalue weighted by Crippen LogP contribution is 2.02. The summed E-state index contributed by atoms with van der Waals surface area (Å²) < 4.78 is 5.07. The van der Waals surface area contributed by atoms with Gasteiger partial charge >= 0.3 is 5.97 Å². The van der Waals surface area contributed by atoms with Gasteiger partial charge in [-0.1, -0.05) is 24.8 Å². The quantitative estimate of drug-likeness (QED) is 0.417. The zero-order chi connectivity index (χ0) is 10.9. The van der Waals surface area contributed by atoms with E-state index in [2.05, 4.69) is 12.3 Å². The van der Waals surface area contributed by atoms with Crippen LogP contribution in [-0.4, -0.2) is 12.6 Å². The Morgan fingerprint density at radius 2 is 2.13 bits per heavy atom. The summed E-state index contributed by atoms with van der Waals surface area (Å²) in [5.41, 5.74) is 3.27. The Hall–Kier alpha value is -1.79. The molecule has 0 bridgehead atoms. The second-order valence-corrected chi connectivity index (χ2v) is 3.05. The third-order valence-electron chi connectivity index (χ3n) is 1.88. The van der Waals surface area contributed by atoms with Gasteiger partial charge < -0.3 is 4.74 Å². The van der Waals surface area contributed by atoms with Crippen LogP contribution in [0, 0.1) is 0 Å². The number of carbonyl (C=O) groups is 1. The summed E-state index contributed by atoms with van der Waals surface area (Å²) in [6.07, 6.45) is 3.48. The minimum Gasteiger partial charge on any atom is -0.462 e. The Morgan fingerprint density at radius 1 is 1.40 bits per heavy atom. The van der Waals surface area contributed by atoms with Gasteiger partial charge in [-0.15, -0.1) is 5.73 Å². The number of ether oxygens (including phenoxy) is 1. The highest BCUT2D eigenvalue weighted by Gasteiger charge is 2.04. The van der Waals surface area contributed by atoms with Crippen LogP contribution in [-0.2, 0) is 4.74 Å². The Bertz CT molecular complexity index is 348. The molecule has 1 aromatic carbocycles. The molecule has 78 valence electrons. The molecular weight excluding hydrogens is 188 g/mol. The number of unbranched alkanes of at least 4 members (excludes halogenated alkanes) is 1. The van der Waals surface area contributed by atoms with E-state index in [-0.39, 0.29) is 5.97 Å². The molecule has 0 fully saturated rings. The van der Waals surface area contributed by atoms with Gasteiger partial charge in [0.05, 0.1) is 12.2 Å². The monoisotopic (exact) mass is 202 g/mol. The molecule has 0 spiro atoms. The number of allylic oxidation sites excluding steroid dienone is 1. The van der Waals surface area contributed by atoms with Crippen LogP contribution in [0.2, 0.25) is 0 Å². The third kappa shape index (κ3) is 4.30. The van der Waals surface area contributed by atoms with Crippen LogP contribution in [0.15, 0.2) is 48.7 Å². The van der Waals surface area contributed by atoms with Crippen molar-refractivity contribution in [2.75, 3.05) is 6.61 Å². The number of rotatable bonds is 5. The lowest BCUT2D eigenvalue weighted by Crippen LogP contribution is -2.05. The molecule has 2 nitrogen and oxygen atoms in total. The van der Waals surface area contributed by atoms with Gasteiger partial charge in [0.1, 0.15) is 0 Å². The van der Waals surface area contributed by atoms with Gasteiger partial charge in [-0.05, 0) is 31.1 Å². The first-order chi connectivity index (χ1) is 7.34. The molecule has 0 atom stereocenters. The van der Waals surface area contributed by atoms with Crippen LogP contribution >= 0.6 is 0 Å². The van der Waals surface area contributed by atoms with E-state index in [0.29, 0.717) is 12.2 Å². The van der Waals surface area contributed by atoms with Crippen molar-refractivity contribution in [3.63, 3.8) is 0 Å². The van der Waals surface area contributed by atoms with Crippen LogP contribution in [0.4, 0.5) is 0 Å². The molecule has 0 amide bonds. The normalized spacial score (nSPS) is 9.07. The van der Waals surface area contributed by atoms with Gasteiger partial charge in [-0.2, -0.15) is 0 Å². The number of hydrogen-bond acceptors (Lipinski definition) is 2. The van der Waals surface area contributed by atoms with Gasteiger partial charge in [-0.3, -0.25) is 0 Å². The van der Waals surface area contributed by atoms with E-state index >= 15 is 0 Å². The Morgan fingerprint density at radius 3 is 2.80 bits per heavy atom. The van der Waals surface area contributed by atoms with Crippen molar-refractivity contribution < 1.29 is 9.53 Å². The van der Waals surface area contributed by atoms with Gasteiger partial charge in [-0.25, -0.2) is 4.79 Å².